The number of hydrogen-bond acceptors (Lipinski definition) is 3. The van der Waals surface area contributed by atoms with Gasteiger partial charge < -0.3 is 0 Å². The fourth-order valence-corrected chi connectivity index (χ4v) is 1.16. The van der Waals surface area contributed by atoms with Crippen molar-refractivity contribution in [1.82, 2.24) is 9.80 Å². The number of amides is 2. The fraction of sp³-hybridized carbons (Fsp3) is 0.500. The topological polar surface area (TPSA) is 40.6 Å². The van der Waals surface area contributed by atoms with Crippen molar-refractivity contribution < 1.29 is 9.59 Å². The average molecular weight is 168 g/mol. The molecule has 0 spiro atoms. The number of piperazine rings is 1. The minimum Gasteiger partial charge on any atom is -0.289 e. The van der Waals surface area contributed by atoms with Crippen LogP contribution in [0, 0.1) is 0 Å². The van der Waals surface area contributed by atoms with Gasteiger partial charge in [0.2, 0.25) is 11.8 Å². The largest absolute Gasteiger partial charge is 0.289 e. The van der Waals surface area contributed by atoms with Gasteiger partial charge in [-0.05, 0) is 7.05 Å². The van der Waals surface area contributed by atoms with E-state index in [0.29, 0.717) is 19.6 Å². The van der Waals surface area contributed by atoms with Gasteiger partial charge in [0.1, 0.15) is 0 Å². The Morgan fingerprint density at radius 3 is 2.33 bits per heavy atom. The maximum absolute atomic E-state index is 11.2. The third kappa shape index (κ3) is 1.71. The van der Waals surface area contributed by atoms with Crippen LogP contribution in [0.15, 0.2) is 12.7 Å². The van der Waals surface area contributed by atoms with Crippen LogP contribution < -0.4 is 0 Å². The summed E-state index contributed by atoms with van der Waals surface area (Å²) in [6.07, 6.45) is 1.56. The first-order chi connectivity index (χ1) is 5.65. The molecule has 1 rings (SSSR count). The molecular weight excluding hydrogens is 156 g/mol. The number of nitrogens with zero attached hydrogens (tertiary/aromatic N) is 2. The van der Waals surface area contributed by atoms with Gasteiger partial charge in [0, 0.05) is 6.54 Å². The SMILES string of the molecule is C=CCN1C(=O)CN(C)CC1=O. The minimum absolute atomic E-state index is 0.145. The molecule has 0 radical (unpaired) electrons. The molecule has 1 aliphatic heterocycles. The molecule has 0 saturated carbocycles. The summed E-state index contributed by atoms with van der Waals surface area (Å²) >= 11 is 0. The standard InChI is InChI=1S/C8H12N2O2/c1-3-4-10-7(11)5-9(2)6-8(10)12/h3H,1,4-6H2,2H3. The van der Waals surface area contributed by atoms with Gasteiger partial charge in [0.05, 0.1) is 13.1 Å². The lowest BCUT2D eigenvalue weighted by atomic mass is 10.3. The lowest BCUT2D eigenvalue weighted by Gasteiger charge is -2.29. The first-order valence-electron chi connectivity index (χ1n) is 3.77. The van der Waals surface area contributed by atoms with Crippen LogP contribution in [0.25, 0.3) is 0 Å². The van der Waals surface area contributed by atoms with Gasteiger partial charge in [-0.1, -0.05) is 6.08 Å². The first kappa shape index (κ1) is 8.93. The van der Waals surface area contributed by atoms with E-state index >= 15 is 0 Å². The number of hydrogen-bond donors (Lipinski definition) is 0. The Hall–Kier alpha value is -1.16. The van der Waals surface area contributed by atoms with Crippen LogP contribution in [0.5, 0.6) is 0 Å². The van der Waals surface area contributed by atoms with Crippen LogP contribution >= 0.6 is 0 Å². The summed E-state index contributed by atoms with van der Waals surface area (Å²) in [6.45, 7) is 4.45. The highest BCUT2D eigenvalue weighted by Crippen LogP contribution is 2.01. The highest BCUT2D eigenvalue weighted by atomic mass is 16.2. The zero-order valence-electron chi connectivity index (χ0n) is 7.12. The van der Waals surface area contributed by atoms with Gasteiger partial charge in [0.25, 0.3) is 0 Å². The van der Waals surface area contributed by atoms with Gasteiger partial charge in [-0.3, -0.25) is 19.4 Å². The predicted molar refractivity (Wildman–Crippen MR) is 44.4 cm³/mol. The molecule has 1 fully saturated rings. The van der Waals surface area contributed by atoms with E-state index in [-0.39, 0.29) is 11.8 Å². The van der Waals surface area contributed by atoms with Crippen LogP contribution in [0.3, 0.4) is 0 Å². The number of carbonyl (C=O) groups is 2. The molecule has 4 nitrogen and oxygen atoms in total. The molecule has 2 amide bonds. The number of rotatable bonds is 2. The van der Waals surface area contributed by atoms with Gasteiger partial charge in [-0.15, -0.1) is 6.58 Å². The fourth-order valence-electron chi connectivity index (χ4n) is 1.16. The van der Waals surface area contributed by atoms with Crippen molar-refractivity contribution >= 4 is 11.8 Å². The van der Waals surface area contributed by atoms with Crippen molar-refractivity contribution in [3.63, 3.8) is 0 Å². The van der Waals surface area contributed by atoms with Crippen molar-refractivity contribution in [3.05, 3.63) is 12.7 Å². The molecule has 1 heterocycles. The van der Waals surface area contributed by atoms with Crippen LogP contribution in [0.1, 0.15) is 0 Å². The molecule has 0 atom stereocenters. The van der Waals surface area contributed by atoms with Crippen molar-refractivity contribution in [2.75, 3.05) is 26.7 Å². The zero-order valence-corrected chi connectivity index (χ0v) is 7.12. The molecule has 1 aliphatic rings. The van der Waals surface area contributed by atoms with Gasteiger partial charge in [-0.2, -0.15) is 0 Å². The Bertz CT molecular complexity index is 207. The average Bonchev–Trinajstić information content (AvgIpc) is 1.96. The Kier molecular flexibility index (Phi) is 2.60. The molecule has 0 N–H and O–H groups in total. The van der Waals surface area contributed by atoms with Gasteiger partial charge in [-0.25, -0.2) is 0 Å². The molecule has 1 saturated heterocycles. The van der Waals surface area contributed by atoms with E-state index in [2.05, 4.69) is 6.58 Å². The van der Waals surface area contributed by atoms with E-state index < -0.39 is 0 Å². The lowest BCUT2D eigenvalue weighted by Crippen LogP contribution is -2.52. The minimum atomic E-state index is -0.145. The van der Waals surface area contributed by atoms with Crippen LogP contribution in [0.4, 0.5) is 0 Å². The summed E-state index contributed by atoms with van der Waals surface area (Å²) in [4.78, 5) is 25.4. The third-order valence-electron chi connectivity index (χ3n) is 1.72. The molecule has 66 valence electrons. The Morgan fingerprint density at radius 2 is 1.92 bits per heavy atom. The molecule has 0 bridgehead atoms. The zero-order chi connectivity index (χ0) is 9.14. The predicted octanol–water partition coefficient (Wildman–Crippen LogP) is -0.527. The molecule has 4 heteroatoms. The van der Waals surface area contributed by atoms with Crippen molar-refractivity contribution in [2.24, 2.45) is 0 Å². The molecule has 12 heavy (non-hydrogen) atoms. The van der Waals surface area contributed by atoms with Gasteiger partial charge >= 0.3 is 0 Å². The number of carbonyl (C=O) groups excluding carboxylic acids is 2. The van der Waals surface area contributed by atoms with E-state index in [1.165, 1.54) is 4.90 Å². The van der Waals surface area contributed by atoms with E-state index in [1.807, 2.05) is 0 Å². The van der Waals surface area contributed by atoms with E-state index in [9.17, 15) is 9.59 Å². The second kappa shape index (κ2) is 3.49. The van der Waals surface area contributed by atoms with Crippen molar-refractivity contribution in [1.29, 1.82) is 0 Å². The van der Waals surface area contributed by atoms with Crippen molar-refractivity contribution in [3.8, 4) is 0 Å². The Morgan fingerprint density at radius 1 is 1.42 bits per heavy atom. The lowest BCUT2D eigenvalue weighted by molar-refractivity contribution is -0.149. The van der Waals surface area contributed by atoms with Crippen LogP contribution in [-0.4, -0.2) is 48.3 Å². The summed E-state index contributed by atoms with van der Waals surface area (Å²) in [6, 6.07) is 0. The molecule has 0 aromatic heterocycles. The van der Waals surface area contributed by atoms with E-state index in [0.717, 1.165) is 0 Å². The summed E-state index contributed by atoms with van der Waals surface area (Å²) in [7, 11) is 1.75. The molecular formula is C8H12N2O2. The van der Waals surface area contributed by atoms with E-state index in [4.69, 9.17) is 0 Å². The third-order valence-corrected chi connectivity index (χ3v) is 1.72. The summed E-state index contributed by atoms with van der Waals surface area (Å²) in [5.74, 6) is -0.290. The molecule has 0 aromatic rings. The maximum atomic E-state index is 11.2. The number of likely N-dealkylation sites (N-methyl/N-ethyl adjacent to an activating group) is 1. The van der Waals surface area contributed by atoms with Crippen LogP contribution in [-0.2, 0) is 9.59 Å². The molecule has 0 aliphatic carbocycles. The highest BCUT2D eigenvalue weighted by molar-refractivity contribution is 5.99. The van der Waals surface area contributed by atoms with Crippen LogP contribution in [0.2, 0.25) is 0 Å². The number of imide groups is 1. The smallest absolute Gasteiger partial charge is 0.243 e. The monoisotopic (exact) mass is 168 g/mol. The van der Waals surface area contributed by atoms with E-state index in [1.54, 1.807) is 18.0 Å². The quantitative estimate of drug-likeness (QED) is 0.411. The normalized spacial score (nSPS) is 19.9. The summed E-state index contributed by atoms with van der Waals surface area (Å²) in [5, 5.41) is 0. The molecule has 0 aromatic carbocycles. The second-order valence-corrected chi connectivity index (χ2v) is 2.86. The molecule has 0 unspecified atom stereocenters. The summed E-state index contributed by atoms with van der Waals surface area (Å²) < 4.78 is 0. The second-order valence-electron chi connectivity index (χ2n) is 2.86. The Balaban J connectivity index is 2.66. The Labute approximate surface area is 71.4 Å². The van der Waals surface area contributed by atoms with Crippen molar-refractivity contribution in [2.45, 2.75) is 0 Å². The summed E-state index contributed by atoms with van der Waals surface area (Å²) in [5.41, 5.74) is 0. The first-order valence-corrected chi connectivity index (χ1v) is 3.77. The maximum Gasteiger partial charge on any atom is 0.243 e. The van der Waals surface area contributed by atoms with Gasteiger partial charge in [0.15, 0.2) is 0 Å². The highest BCUT2D eigenvalue weighted by Gasteiger charge is 2.27.